The van der Waals surface area contributed by atoms with Crippen molar-refractivity contribution in [3.63, 3.8) is 0 Å². The number of carbonyl (C=O) groups is 2. The molecule has 21 heavy (non-hydrogen) atoms. The molecule has 2 saturated heterocycles. The number of ether oxygens (including phenoxy) is 1. The molecule has 2 aliphatic heterocycles. The summed E-state index contributed by atoms with van der Waals surface area (Å²) >= 11 is 0. The first-order valence-electron chi connectivity index (χ1n) is 6.92. The van der Waals surface area contributed by atoms with Gasteiger partial charge < -0.3 is 15.2 Å². The minimum atomic E-state index is -1.02. The highest BCUT2D eigenvalue weighted by molar-refractivity contribution is 5.96. The van der Waals surface area contributed by atoms with Gasteiger partial charge in [0, 0.05) is 5.69 Å². The number of rotatable bonds is 3. The Labute approximate surface area is 121 Å². The summed E-state index contributed by atoms with van der Waals surface area (Å²) in [7, 11) is 0. The fourth-order valence-electron chi connectivity index (χ4n) is 3.22. The number of aryl methyl sites for hydroxylation is 1. The molecule has 2 N–H and O–H groups in total. The van der Waals surface area contributed by atoms with E-state index in [0.717, 1.165) is 0 Å². The van der Waals surface area contributed by atoms with Crippen molar-refractivity contribution in [2.24, 2.45) is 11.8 Å². The lowest BCUT2D eigenvalue weighted by Crippen LogP contribution is -2.40. The van der Waals surface area contributed by atoms with E-state index in [2.05, 4.69) is 5.32 Å². The van der Waals surface area contributed by atoms with Crippen molar-refractivity contribution in [1.82, 2.24) is 0 Å². The Morgan fingerprint density at radius 1 is 1.29 bits per heavy atom. The largest absolute Gasteiger partial charge is 0.481 e. The van der Waals surface area contributed by atoms with Crippen LogP contribution in [0.4, 0.5) is 10.1 Å². The van der Waals surface area contributed by atoms with Crippen LogP contribution in [0.2, 0.25) is 0 Å². The predicted molar refractivity (Wildman–Crippen MR) is 72.3 cm³/mol. The van der Waals surface area contributed by atoms with Gasteiger partial charge >= 0.3 is 5.97 Å². The Morgan fingerprint density at radius 3 is 2.57 bits per heavy atom. The molecule has 6 heteroatoms. The maximum atomic E-state index is 13.5. The van der Waals surface area contributed by atoms with E-state index in [1.807, 2.05) is 0 Å². The minimum absolute atomic E-state index is 0.329. The number of amides is 1. The molecule has 0 saturated carbocycles. The summed E-state index contributed by atoms with van der Waals surface area (Å²) in [6, 6.07) is 4.40. The first kappa shape index (κ1) is 14.0. The number of carboxylic acids is 1. The van der Waals surface area contributed by atoms with Gasteiger partial charge in [0.1, 0.15) is 5.82 Å². The Hall–Kier alpha value is -1.95. The Kier molecular flexibility index (Phi) is 3.41. The fourth-order valence-corrected chi connectivity index (χ4v) is 3.22. The van der Waals surface area contributed by atoms with Gasteiger partial charge in [-0.1, -0.05) is 6.07 Å². The molecule has 5 nitrogen and oxygen atoms in total. The van der Waals surface area contributed by atoms with Gasteiger partial charge in [-0.25, -0.2) is 4.39 Å². The first-order valence-corrected chi connectivity index (χ1v) is 6.92. The molecule has 2 aliphatic rings. The molecule has 1 amide bonds. The molecule has 0 spiro atoms. The maximum absolute atomic E-state index is 13.5. The highest BCUT2D eigenvalue weighted by Gasteiger charge is 2.55. The fraction of sp³-hybridized carbons (Fsp3) is 0.467. The van der Waals surface area contributed by atoms with Crippen molar-refractivity contribution in [3.05, 3.63) is 29.6 Å². The van der Waals surface area contributed by atoms with Crippen LogP contribution in [0.5, 0.6) is 0 Å². The van der Waals surface area contributed by atoms with Crippen molar-refractivity contribution in [2.45, 2.75) is 32.0 Å². The van der Waals surface area contributed by atoms with E-state index in [0.29, 0.717) is 24.1 Å². The van der Waals surface area contributed by atoms with E-state index in [1.54, 1.807) is 19.1 Å². The standard InChI is InChI=1S/C15H16FNO4/c1-7-2-3-8(6-9(7)16)17-14(18)12-10-4-5-11(21-10)13(12)15(19)20/h2-3,6,10-13H,4-5H2,1H3,(H,17,18)(H,19,20)/t10-,11+,12+,13-/m1/s1. The number of hydrogen-bond donors (Lipinski definition) is 2. The molecular formula is C15H16FNO4. The van der Waals surface area contributed by atoms with Crippen LogP contribution in [0.3, 0.4) is 0 Å². The molecule has 1 aromatic rings. The number of nitrogens with one attached hydrogen (secondary N) is 1. The predicted octanol–water partition coefficient (Wildman–Crippen LogP) is 1.95. The zero-order valence-electron chi connectivity index (χ0n) is 11.5. The number of carboxylic acid groups (broad SMARTS) is 1. The van der Waals surface area contributed by atoms with Crippen LogP contribution in [0, 0.1) is 24.6 Å². The molecule has 112 valence electrons. The monoisotopic (exact) mass is 293 g/mol. The van der Waals surface area contributed by atoms with Crippen LogP contribution in [-0.4, -0.2) is 29.2 Å². The summed E-state index contributed by atoms with van der Waals surface area (Å²) in [6.07, 6.45) is 0.615. The second-order valence-corrected chi connectivity index (χ2v) is 5.63. The zero-order chi connectivity index (χ0) is 15.1. The second kappa shape index (κ2) is 5.11. The molecule has 2 heterocycles. The molecule has 0 unspecified atom stereocenters. The lowest BCUT2D eigenvalue weighted by atomic mass is 9.78. The number of hydrogen-bond acceptors (Lipinski definition) is 3. The number of carbonyl (C=O) groups excluding carboxylic acids is 1. The van der Waals surface area contributed by atoms with Gasteiger partial charge in [0.05, 0.1) is 24.0 Å². The van der Waals surface area contributed by atoms with Crippen LogP contribution in [0.25, 0.3) is 0 Å². The van der Waals surface area contributed by atoms with Gasteiger partial charge in [0.15, 0.2) is 0 Å². The normalized spacial score (nSPS) is 30.4. The number of halogens is 1. The highest BCUT2D eigenvalue weighted by Crippen LogP contribution is 2.44. The molecule has 4 atom stereocenters. The molecule has 0 aliphatic carbocycles. The summed E-state index contributed by atoms with van der Waals surface area (Å²) in [5.41, 5.74) is 0.815. The zero-order valence-corrected chi connectivity index (χ0v) is 11.5. The van der Waals surface area contributed by atoms with E-state index >= 15 is 0 Å². The van der Waals surface area contributed by atoms with Gasteiger partial charge in [-0.05, 0) is 37.5 Å². The summed E-state index contributed by atoms with van der Waals surface area (Å²) < 4.78 is 19.0. The van der Waals surface area contributed by atoms with Gasteiger partial charge in [-0.3, -0.25) is 9.59 Å². The van der Waals surface area contributed by atoms with Crippen LogP contribution in [0.15, 0.2) is 18.2 Å². The van der Waals surface area contributed by atoms with E-state index in [9.17, 15) is 19.1 Å². The topological polar surface area (TPSA) is 75.6 Å². The van der Waals surface area contributed by atoms with Crippen LogP contribution in [0.1, 0.15) is 18.4 Å². The molecule has 1 aromatic carbocycles. The van der Waals surface area contributed by atoms with E-state index in [-0.39, 0.29) is 6.10 Å². The quantitative estimate of drug-likeness (QED) is 0.893. The van der Waals surface area contributed by atoms with Crippen LogP contribution in [-0.2, 0) is 14.3 Å². The average molecular weight is 293 g/mol. The van der Waals surface area contributed by atoms with Crippen LogP contribution >= 0.6 is 0 Å². The van der Waals surface area contributed by atoms with Gasteiger partial charge in [-0.2, -0.15) is 0 Å². The molecule has 2 bridgehead atoms. The van der Waals surface area contributed by atoms with Gasteiger partial charge in [-0.15, -0.1) is 0 Å². The molecule has 2 fully saturated rings. The van der Waals surface area contributed by atoms with Crippen molar-refractivity contribution < 1.29 is 23.8 Å². The van der Waals surface area contributed by atoms with Crippen molar-refractivity contribution in [1.29, 1.82) is 0 Å². The Balaban J connectivity index is 1.78. The number of aliphatic carboxylic acids is 1. The third-order valence-corrected chi connectivity index (χ3v) is 4.30. The Bertz CT molecular complexity index is 603. The molecule has 3 rings (SSSR count). The van der Waals surface area contributed by atoms with Gasteiger partial charge in [0.25, 0.3) is 0 Å². The average Bonchev–Trinajstić information content (AvgIpc) is 3.03. The third-order valence-electron chi connectivity index (χ3n) is 4.30. The summed E-state index contributed by atoms with van der Waals surface area (Å²) in [6.45, 7) is 1.63. The Morgan fingerprint density at radius 2 is 1.95 bits per heavy atom. The number of fused-ring (bicyclic) bond motifs is 2. The summed E-state index contributed by atoms with van der Waals surface area (Å²) in [5, 5.41) is 11.9. The number of benzene rings is 1. The van der Waals surface area contributed by atoms with Crippen molar-refractivity contribution in [2.75, 3.05) is 5.32 Å². The van der Waals surface area contributed by atoms with Crippen molar-refractivity contribution in [3.8, 4) is 0 Å². The maximum Gasteiger partial charge on any atom is 0.310 e. The van der Waals surface area contributed by atoms with E-state index in [4.69, 9.17) is 4.74 Å². The number of anilines is 1. The van der Waals surface area contributed by atoms with Crippen molar-refractivity contribution >= 4 is 17.6 Å². The first-order chi connectivity index (χ1) is 9.97. The lowest BCUT2D eigenvalue weighted by Gasteiger charge is -2.23. The highest BCUT2D eigenvalue weighted by atomic mass is 19.1. The van der Waals surface area contributed by atoms with Gasteiger partial charge in [0.2, 0.25) is 5.91 Å². The summed E-state index contributed by atoms with van der Waals surface area (Å²) in [4.78, 5) is 23.7. The second-order valence-electron chi connectivity index (χ2n) is 5.63. The lowest BCUT2D eigenvalue weighted by molar-refractivity contribution is -0.147. The molecule has 0 radical (unpaired) electrons. The smallest absolute Gasteiger partial charge is 0.310 e. The van der Waals surface area contributed by atoms with E-state index < -0.39 is 35.6 Å². The molecule has 0 aromatic heterocycles. The molecular weight excluding hydrogens is 277 g/mol. The minimum Gasteiger partial charge on any atom is -0.481 e. The third kappa shape index (κ3) is 2.40. The SMILES string of the molecule is Cc1ccc(NC(=O)[C@@H]2[C@H](C(=O)O)[C@@H]3CC[C@H]2O3)cc1F. The van der Waals surface area contributed by atoms with E-state index in [1.165, 1.54) is 6.07 Å². The summed E-state index contributed by atoms with van der Waals surface area (Å²) in [5.74, 6) is -3.38. The van der Waals surface area contributed by atoms with Crippen LogP contribution < -0.4 is 5.32 Å².